The second-order valence-corrected chi connectivity index (χ2v) is 6.78. The number of anilines is 1. The number of hydrogen-bond acceptors (Lipinski definition) is 4. The molecule has 0 aliphatic carbocycles. The summed E-state index contributed by atoms with van der Waals surface area (Å²) in [4.78, 5) is 18.7. The number of hydrogen-bond donors (Lipinski definition) is 0. The largest absolute Gasteiger partial charge is 0.270 e. The Morgan fingerprint density at radius 2 is 1.90 bits per heavy atom. The van der Waals surface area contributed by atoms with Crippen LogP contribution >= 0.6 is 39.9 Å². The maximum atomic E-state index is 12.6. The SMILES string of the molecule is O=C1/C(=C\c2ccncc2)SC(=S)N1c1ccccc1Br. The first kappa shape index (κ1) is 14.4. The number of thioether (sulfide) groups is 1. The molecule has 1 aromatic carbocycles. The highest BCUT2D eigenvalue weighted by atomic mass is 79.9. The van der Waals surface area contributed by atoms with E-state index < -0.39 is 0 Å². The van der Waals surface area contributed by atoms with Gasteiger partial charge in [0, 0.05) is 16.9 Å². The maximum Gasteiger partial charge on any atom is 0.270 e. The molecule has 6 heteroatoms. The maximum absolute atomic E-state index is 12.6. The van der Waals surface area contributed by atoms with Crippen LogP contribution in [0.1, 0.15) is 5.56 Å². The fourth-order valence-electron chi connectivity index (χ4n) is 1.92. The van der Waals surface area contributed by atoms with Gasteiger partial charge in [0.1, 0.15) is 0 Å². The first-order valence-electron chi connectivity index (χ1n) is 6.09. The Balaban J connectivity index is 1.97. The Morgan fingerprint density at radius 3 is 2.62 bits per heavy atom. The molecule has 0 radical (unpaired) electrons. The van der Waals surface area contributed by atoms with Crippen molar-refractivity contribution in [3.8, 4) is 0 Å². The highest BCUT2D eigenvalue weighted by Gasteiger charge is 2.34. The molecule has 1 aromatic heterocycles. The molecule has 0 N–H and O–H groups in total. The summed E-state index contributed by atoms with van der Waals surface area (Å²) < 4.78 is 1.37. The van der Waals surface area contributed by atoms with Crippen LogP contribution in [-0.4, -0.2) is 15.2 Å². The number of carbonyl (C=O) groups excluding carboxylic acids is 1. The number of carbonyl (C=O) groups is 1. The number of halogens is 1. The fraction of sp³-hybridized carbons (Fsp3) is 0. The quantitative estimate of drug-likeness (QED) is 0.579. The number of nitrogens with zero attached hydrogens (tertiary/aromatic N) is 2. The van der Waals surface area contributed by atoms with Crippen molar-refractivity contribution in [2.75, 3.05) is 4.90 Å². The predicted octanol–water partition coefficient (Wildman–Crippen LogP) is 4.25. The number of thiocarbonyl (C=S) groups is 1. The van der Waals surface area contributed by atoms with Gasteiger partial charge in [0.2, 0.25) is 0 Å². The number of amides is 1. The fourth-order valence-corrected chi connectivity index (χ4v) is 3.67. The lowest BCUT2D eigenvalue weighted by Crippen LogP contribution is -2.27. The number of rotatable bonds is 2. The minimum Gasteiger partial charge on any atom is -0.268 e. The van der Waals surface area contributed by atoms with E-state index in [1.165, 1.54) is 11.8 Å². The van der Waals surface area contributed by atoms with E-state index in [1.807, 2.05) is 42.5 Å². The first-order valence-corrected chi connectivity index (χ1v) is 8.11. The summed E-state index contributed by atoms with van der Waals surface area (Å²) >= 11 is 10.1. The molecule has 0 atom stereocenters. The lowest BCUT2D eigenvalue weighted by Gasteiger charge is -2.15. The molecule has 3 rings (SSSR count). The third-order valence-electron chi connectivity index (χ3n) is 2.89. The van der Waals surface area contributed by atoms with E-state index in [-0.39, 0.29) is 5.91 Å². The van der Waals surface area contributed by atoms with Gasteiger partial charge >= 0.3 is 0 Å². The molecule has 2 aromatic rings. The summed E-state index contributed by atoms with van der Waals surface area (Å²) in [6.45, 7) is 0. The van der Waals surface area contributed by atoms with Crippen molar-refractivity contribution in [3.63, 3.8) is 0 Å². The van der Waals surface area contributed by atoms with Gasteiger partial charge in [-0.3, -0.25) is 14.7 Å². The number of pyridine rings is 1. The third kappa shape index (κ3) is 2.92. The highest BCUT2D eigenvalue weighted by Crippen LogP contribution is 2.38. The molecule has 0 saturated carbocycles. The van der Waals surface area contributed by atoms with Crippen LogP contribution in [0.5, 0.6) is 0 Å². The van der Waals surface area contributed by atoms with E-state index in [0.717, 1.165) is 15.7 Å². The summed E-state index contributed by atoms with van der Waals surface area (Å²) in [6, 6.07) is 11.2. The Morgan fingerprint density at radius 1 is 1.19 bits per heavy atom. The standard InChI is InChI=1S/C15H9BrN2OS2/c16-11-3-1-2-4-12(11)18-14(19)13(21-15(18)20)9-10-5-7-17-8-6-10/h1-9H/b13-9+. The molecule has 1 saturated heterocycles. The van der Waals surface area contributed by atoms with Crippen molar-refractivity contribution in [2.45, 2.75) is 0 Å². The van der Waals surface area contributed by atoms with Crippen LogP contribution in [0.3, 0.4) is 0 Å². The van der Waals surface area contributed by atoms with Crippen molar-refractivity contribution in [2.24, 2.45) is 0 Å². The normalized spacial score (nSPS) is 16.8. The van der Waals surface area contributed by atoms with Gasteiger partial charge in [0.15, 0.2) is 4.32 Å². The molecule has 21 heavy (non-hydrogen) atoms. The zero-order chi connectivity index (χ0) is 14.8. The molecule has 104 valence electrons. The van der Waals surface area contributed by atoms with Crippen LogP contribution in [0, 0.1) is 0 Å². The topological polar surface area (TPSA) is 33.2 Å². The van der Waals surface area contributed by atoms with E-state index in [9.17, 15) is 4.79 Å². The molecule has 0 spiro atoms. The second-order valence-electron chi connectivity index (χ2n) is 4.25. The average Bonchev–Trinajstić information content (AvgIpc) is 2.76. The Kier molecular flexibility index (Phi) is 4.19. The highest BCUT2D eigenvalue weighted by molar-refractivity contribution is 9.10. The van der Waals surface area contributed by atoms with Crippen LogP contribution in [0.25, 0.3) is 6.08 Å². The Hall–Kier alpha value is -1.50. The van der Waals surface area contributed by atoms with Gasteiger partial charge in [-0.25, -0.2) is 0 Å². The first-order chi connectivity index (χ1) is 10.2. The van der Waals surface area contributed by atoms with Crippen LogP contribution in [-0.2, 0) is 4.79 Å². The van der Waals surface area contributed by atoms with Gasteiger partial charge in [0.05, 0.1) is 10.6 Å². The zero-order valence-electron chi connectivity index (χ0n) is 10.7. The molecule has 2 heterocycles. The lowest BCUT2D eigenvalue weighted by molar-refractivity contribution is -0.113. The van der Waals surface area contributed by atoms with E-state index in [1.54, 1.807) is 17.3 Å². The monoisotopic (exact) mass is 376 g/mol. The van der Waals surface area contributed by atoms with Gasteiger partial charge in [-0.2, -0.15) is 0 Å². The molecule has 1 amide bonds. The Bertz CT molecular complexity index is 746. The molecule has 0 bridgehead atoms. The minimum atomic E-state index is -0.103. The van der Waals surface area contributed by atoms with Crippen LogP contribution < -0.4 is 4.90 Å². The summed E-state index contributed by atoms with van der Waals surface area (Å²) in [5, 5.41) is 0. The molecular weight excluding hydrogens is 368 g/mol. The van der Waals surface area contributed by atoms with E-state index in [4.69, 9.17) is 12.2 Å². The molecular formula is C15H9BrN2OS2. The van der Waals surface area contributed by atoms with Gasteiger partial charge in [-0.1, -0.05) is 36.1 Å². The minimum absolute atomic E-state index is 0.103. The van der Waals surface area contributed by atoms with Gasteiger partial charge in [0.25, 0.3) is 5.91 Å². The average molecular weight is 377 g/mol. The summed E-state index contributed by atoms with van der Waals surface area (Å²) in [5.41, 5.74) is 1.69. The van der Waals surface area contributed by atoms with E-state index in [2.05, 4.69) is 20.9 Å². The van der Waals surface area contributed by atoms with Gasteiger partial charge < -0.3 is 0 Å². The number of para-hydroxylation sites is 1. The van der Waals surface area contributed by atoms with E-state index in [0.29, 0.717) is 9.23 Å². The zero-order valence-corrected chi connectivity index (χ0v) is 13.9. The van der Waals surface area contributed by atoms with Crippen molar-refractivity contribution in [3.05, 3.63) is 63.7 Å². The van der Waals surface area contributed by atoms with Crippen molar-refractivity contribution >= 4 is 61.9 Å². The van der Waals surface area contributed by atoms with Gasteiger partial charge in [-0.05, 0) is 51.8 Å². The van der Waals surface area contributed by atoms with Crippen LogP contribution in [0.4, 0.5) is 5.69 Å². The molecule has 0 unspecified atom stereocenters. The lowest BCUT2D eigenvalue weighted by atomic mass is 10.2. The van der Waals surface area contributed by atoms with Crippen LogP contribution in [0.2, 0.25) is 0 Å². The van der Waals surface area contributed by atoms with Gasteiger partial charge in [-0.15, -0.1) is 0 Å². The van der Waals surface area contributed by atoms with E-state index >= 15 is 0 Å². The molecule has 1 fully saturated rings. The third-order valence-corrected chi connectivity index (χ3v) is 4.86. The molecule has 1 aliphatic heterocycles. The van der Waals surface area contributed by atoms with Crippen LogP contribution in [0.15, 0.2) is 58.2 Å². The molecule has 3 nitrogen and oxygen atoms in total. The predicted molar refractivity (Wildman–Crippen MR) is 94.0 cm³/mol. The van der Waals surface area contributed by atoms with Crippen molar-refractivity contribution in [1.29, 1.82) is 0 Å². The summed E-state index contributed by atoms with van der Waals surface area (Å²) in [7, 11) is 0. The smallest absolute Gasteiger partial charge is 0.268 e. The number of aromatic nitrogens is 1. The Labute approximate surface area is 140 Å². The molecule has 1 aliphatic rings. The summed E-state index contributed by atoms with van der Waals surface area (Å²) in [5.74, 6) is -0.103. The van der Waals surface area contributed by atoms with Crippen molar-refractivity contribution < 1.29 is 4.79 Å². The van der Waals surface area contributed by atoms with Crippen molar-refractivity contribution in [1.82, 2.24) is 4.98 Å². The number of benzene rings is 1. The second kappa shape index (κ2) is 6.09. The summed E-state index contributed by atoms with van der Waals surface area (Å²) in [6.07, 6.45) is 5.22.